The van der Waals surface area contributed by atoms with Crippen molar-refractivity contribution in [3.63, 3.8) is 0 Å². The summed E-state index contributed by atoms with van der Waals surface area (Å²) in [6, 6.07) is 2.44. The number of rotatable bonds is 5. The Balaban J connectivity index is 3.16. The van der Waals surface area contributed by atoms with Crippen LogP contribution in [0.5, 0.6) is 0 Å². The Morgan fingerprint density at radius 2 is 1.95 bits per heavy atom. The van der Waals surface area contributed by atoms with E-state index in [0.29, 0.717) is 17.0 Å². The van der Waals surface area contributed by atoms with Crippen LogP contribution in [0.4, 0.5) is 5.69 Å². The minimum atomic E-state index is -3.73. The van der Waals surface area contributed by atoms with Gasteiger partial charge in [-0.2, -0.15) is 0 Å². The molecule has 0 radical (unpaired) electrons. The molecule has 7 heteroatoms. The third kappa shape index (κ3) is 4.57. The summed E-state index contributed by atoms with van der Waals surface area (Å²) in [6.07, 6.45) is 0.338. The van der Waals surface area contributed by atoms with Gasteiger partial charge in [-0.3, -0.25) is 0 Å². The molecule has 0 fully saturated rings. The van der Waals surface area contributed by atoms with Crippen molar-refractivity contribution in [2.45, 2.75) is 45.1 Å². The molecule has 1 atom stereocenters. The Morgan fingerprint density at radius 1 is 1.38 bits per heavy atom. The number of sulfonamides is 1. The lowest BCUT2D eigenvalue weighted by atomic mass is 9.86. The second-order valence-corrected chi connectivity index (χ2v) is 8.29. The van der Waals surface area contributed by atoms with Crippen LogP contribution >= 0.6 is 11.6 Å². The van der Waals surface area contributed by atoms with Crippen LogP contribution in [0.3, 0.4) is 0 Å². The van der Waals surface area contributed by atoms with Crippen molar-refractivity contribution in [2.24, 2.45) is 5.41 Å². The van der Waals surface area contributed by atoms with E-state index in [0.717, 1.165) is 0 Å². The molecule has 0 spiro atoms. The first-order valence-electron chi connectivity index (χ1n) is 6.68. The summed E-state index contributed by atoms with van der Waals surface area (Å²) in [4.78, 5) is 0.0779. The lowest BCUT2D eigenvalue weighted by molar-refractivity contribution is 0.214. The molecule has 1 aromatic rings. The predicted molar refractivity (Wildman–Crippen MR) is 85.9 cm³/mol. The zero-order chi connectivity index (χ0) is 16.4. The van der Waals surface area contributed by atoms with E-state index in [1.54, 1.807) is 6.92 Å². The molecule has 0 heterocycles. The van der Waals surface area contributed by atoms with Crippen LogP contribution in [-0.2, 0) is 10.0 Å². The first kappa shape index (κ1) is 18.2. The van der Waals surface area contributed by atoms with Crippen LogP contribution in [0.2, 0.25) is 5.02 Å². The van der Waals surface area contributed by atoms with Gasteiger partial charge in [0.25, 0.3) is 0 Å². The molecule has 0 aromatic heterocycles. The number of nitrogens with one attached hydrogen (secondary N) is 1. The number of nitrogen functional groups attached to an aromatic ring is 1. The Bertz CT molecular complexity index is 586. The van der Waals surface area contributed by atoms with Gasteiger partial charge in [-0.05, 0) is 36.5 Å². The minimum absolute atomic E-state index is 0.0779. The number of aliphatic hydroxyl groups is 1. The number of hydrogen-bond acceptors (Lipinski definition) is 4. The van der Waals surface area contributed by atoms with E-state index in [9.17, 15) is 8.42 Å². The lowest BCUT2D eigenvalue weighted by Crippen LogP contribution is -2.44. The van der Waals surface area contributed by atoms with E-state index < -0.39 is 10.0 Å². The molecule has 0 aliphatic heterocycles. The predicted octanol–water partition coefficient (Wildman–Crippen LogP) is 2.31. The molecule has 1 aromatic carbocycles. The number of aryl methyl sites for hydroxylation is 1. The molecule has 4 N–H and O–H groups in total. The van der Waals surface area contributed by atoms with Crippen molar-refractivity contribution in [2.75, 3.05) is 12.3 Å². The third-order valence-electron chi connectivity index (χ3n) is 3.33. The van der Waals surface area contributed by atoms with Gasteiger partial charge in [0.05, 0.1) is 15.6 Å². The highest BCUT2D eigenvalue weighted by molar-refractivity contribution is 7.89. The number of hydrogen-bond donors (Lipinski definition) is 3. The van der Waals surface area contributed by atoms with E-state index in [1.807, 2.05) is 20.8 Å². The molecule has 0 saturated carbocycles. The number of anilines is 1. The molecule has 0 aliphatic rings. The Hall–Kier alpha value is -0.820. The van der Waals surface area contributed by atoms with Crippen molar-refractivity contribution >= 4 is 27.3 Å². The zero-order valence-electron chi connectivity index (χ0n) is 12.8. The number of benzene rings is 1. The maximum absolute atomic E-state index is 12.5. The average molecular weight is 335 g/mol. The fourth-order valence-electron chi connectivity index (χ4n) is 1.97. The van der Waals surface area contributed by atoms with Crippen LogP contribution in [0.1, 0.15) is 32.8 Å². The van der Waals surface area contributed by atoms with E-state index >= 15 is 0 Å². The highest BCUT2D eigenvalue weighted by Gasteiger charge is 2.29. The Kier molecular flexibility index (Phi) is 5.66. The van der Waals surface area contributed by atoms with Crippen molar-refractivity contribution in [1.82, 2.24) is 4.72 Å². The SMILES string of the molecule is Cc1cc(S(=O)(=O)NC(CCO)C(C)(C)C)cc(N)c1Cl. The quantitative estimate of drug-likeness (QED) is 0.720. The van der Waals surface area contributed by atoms with E-state index in [2.05, 4.69) is 4.72 Å². The van der Waals surface area contributed by atoms with E-state index in [4.69, 9.17) is 22.4 Å². The Morgan fingerprint density at radius 3 is 2.38 bits per heavy atom. The van der Waals surface area contributed by atoms with Crippen molar-refractivity contribution in [3.05, 3.63) is 22.7 Å². The van der Waals surface area contributed by atoms with Crippen LogP contribution < -0.4 is 10.5 Å². The average Bonchev–Trinajstić information content (AvgIpc) is 2.33. The van der Waals surface area contributed by atoms with E-state index in [1.165, 1.54) is 12.1 Å². The number of nitrogens with two attached hydrogens (primary N) is 1. The summed E-state index contributed by atoms with van der Waals surface area (Å²) in [7, 11) is -3.73. The number of halogens is 1. The van der Waals surface area contributed by atoms with Gasteiger partial charge in [0.1, 0.15) is 0 Å². The van der Waals surface area contributed by atoms with Gasteiger partial charge in [-0.25, -0.2) is 13.1 Å². The molecule has 0 amide bonds. The van der Waals surface area contributed by atoms with E-state index in [-0.39, 0.29) is 28.6 Å². The molecule has 1 unspecified atom stereocenters. The molecule has 21 heavy (non-hydrogen) atoms. The van der Waals surface area contributed by atoms with Gasteiger partial charge in [0.2, 0.25) is 10.0 Å². The first-order valence-corrected chi connectivity index (χ1v) is 8.54. The van der Waals surface area contributed by atoms with Crippen LogP contribution in [0.25, 0.3) is 0 Å². The van der Waals surface area contributed by atoms with Gasteiger partial charge < -0.3 is 10.8 Å². The highest BCUT2D eigenvalue weighted by atomic mass is 35.5. The topological polar surface area (TPSA) is 92.4 Å². The summed E-state index contributed by atoms with van der Waals surface area (Å²) < 4.78 is 27.6. The van der Waals surface area contributed by atoms with Gasteiger partial charge in [-0.1, -0.05) is 32.4 Å². The normalized spacial score (nSPS) is 14.2. The van der Waals surface area contributed by atoms with Crippen molar-refractivity contribution in [3.8, 4) is 0 Å². The summed E-state index contributed by atoms with van der Waals surface area (Å²) >= 11 is 5.95. The van der Waals surface area contributed by atoms with Gasteiger partial charge in [-0.15, -0.1) is 0 Å². The van der Waals surface area contributed by atoms with Crippen LogP contribution in [-0.4, -0.2) is 26.2 Å². The molecular weight excluding hydrogens is 312 g/mol. The Labute approximate surface area is 131 Å². The molecule has 1 rings (SSSR count). The van der Waals surface area contributed by atoms with Gasteiger partial charge in [0.15, 0.2) is 0 Å². The zero-order valence-corrected chi connectivity index (χ0v) is 14.3. The van der Waals surface area contributed by atoms with Crippen molar-refractivity contribution in [1.29, 1.82) is 0 Å². The molecule has 0 saturated heterocycles. The first-order chi connectivity index (χ1) is 9.49. The monoisotopic (exact) mass is 334 g/mol. The highest BCUT2D eigenvalue weighted by Crippen LogP contribution is 2.28. The second-order valence-electron chi connectivity index (χ2n) is 6.20. The molecule has 0 bridgehead atoms. The summed E-state index contributed by atoms with van der Waals surface area (Å²) in [6.45, 7) is 7.35. The second kappa shape index (κ2) is 6.52. The third-order valence-corrected chi connectivity index (χ3v) is 5.29. The van der Waals surface area contributed by atoms with Crippen molar-refractivity contribution < 1.29 is 13.5 Å². The molecule has 120 valence electrons. The fourth-order valence-corrected chi connectivity index (χ4v) is 3.68. The maximum atomic E-state index is 12.5. The summed E-state index contributed by atoms with van der Waals surface area (Å²) in [5, 5.41) is 9.48. The van der Waals surface area contributed by atoms with Gasteiger partial charge in [0, 0.05) is 12.6 Å². The lowest BCUT2D eigenvalue weighted by Gasteiger charge is -2.31. The van der Waals surface area contributed by atoms with Crippen LogP contribution in [0, 0.1) is 12.3 Å². The standard InChI is InChI=1S/C14H23ClN2O3S/c1-9-7-10(8-11(16)13(9)15)21(19,20)17-12(5-6-18)14(2,3)4/h7-8,12,17-18H,5-6,16H2,1-4H3. The molecule has 0 aliphatic carbocycles. The van der Waals surface area contributed by atoms with Gasteiger partial charge >= 0.3 is 0 Å². The minimum Gasteiger partial charge on any atom is -0.397 e. The largest absolute Gasteiger partial charge is 0.397 e. The number of aliphatic hydroxyl groups excluding tert-OH is 1. The van der Waals surface area contributed by atoms with Crippen LogP contribution in [0.15, 0.2) is 17.0 Å². The smallest absolute Gasteiger partial charge is 0.240 e. The molecule has 5 nitrogen and oxygen atoms in total. The summed E-state index contributed by atoms with van der Waals surface area (Å²) in [5.41, 5.74) is 6.24. The fraction of sp³-hybridized carbons (Fsp3) is 0.571. The summed E-state index contributed by atoms with van der Waals surface area (Å²) in [5.74, 6) is 0. The molecular formula is C14H23ClN2O3S. The maximum Gasteiger partial charge on any atom is 0.240 e.